The molecule has 0 amide bonds. The van der Waals surface area contributed by atoms with Gasteiger partial charge in [0.1, 0.15) is 0 Å². The zero-order valence-electron chi connectivity index (χ0n) is 4.21. The van der Waals surface area contributed by atoms with Crippen LogP contribution < -0.4 is 0 Å². The van der Waals surface area contributed by atoms with Crippen LogP contribution in [0, 0.1) is 14.9 Å². The van der Waals surface area contributed by atoms with E-state index >= 15 is 0 Å². The molecule has 0 atom stereocenters. The molecule has 32 valence electrons. The Balaban J connectivity index is -0.0000000450. The fourth-order valence-electron chi connectivity index (χ4n) is 0. The Labute approximate surface area is 41.9 Å². The molecule has 0 aliphatic heterocycles. The van der Waals surface area contributed by atoms with Gasteiger partial charge >= 0.3 is 0 Å². The van der Waals surface area contributed by atoms with Crippen molar-refractivity contribution >= 4 is 0 Å². The highest BCUT2D eigenvalue weighted by atomic mass is 13.6. The summed E-state index contributed by atoms with van der Waals surface area (Å²) in [7, 11) is 0. The van der Waals surface area contributed by atoms with Crippen molar-refractivity contribution in [2.24, 2.45) is 0 Å². The molecule has 8 radical (unpaired) electrons. The maximum absolute atomic E-state index is 3.56. The minimum atomic E-state index is 0. The van der Waals surface area contributed by atoms with Crippen LogP contribution in [0.5, 0.6) is 0 Å². The minimum absolute atomic E-state index is 0. The van der Waals surface area contributed by atoms with Gasteiger partial charge in [0, 0.05) is 14.9 Å². The predicted molar refractivity (Wildman–Crippen MR) is 27.0 cm³/mol. The molecule has 0 bridgehead atoms. The average Bonchev–Trinajstić information content (AvgIpc) is 0.811. The van der Waals surface area contributed by atoms with Crippen molar-refractivity contribution in [2.75, 3.05) is 0 Å². The fraction of sp³-hybridized carbons (Fsp3) is 0.333. The normalized spacial score (nSPS) is 4.33. The molecule has 0 nitrogen and oxygen atoms in total. The first-order valence-electron chi connectivity index (χ1n) is 1.35. The lowest BCUT2D eigenvalue weighted by molar-refractivity contribution is 1.42. The van der Waals surface area contributed by atoms with E-state index in [0.29, 0.717) is 0 Å². The van der Waals surface area contributed by atoms with Crippen molar-refractivity contribution in [1.82, 2.24) is 0 Å². The number of hydrogen-bond donors (Lipinski definition) is 0. The molecule has 0 aromatic rings. The summed E-state index contributed by atoms with van der Waals surface area (Å²) in [5, 5.41) is 0. The molecule has 0 rings (SSSR count). The lowest BCUT2D eigenvalue weighted by Crippen LogP contribution is -1.43. The fourth-order valence-corrected chi connectivity index (χ4v) is 0. The van der Waals surface area contributed by atoms with Crippen LogP contribution in [-0.4, -0.2) is 0 Å². The Morgan fingerprint density at radius 3 is 1.17 bits per heavy atom. The molecule has 0 saturated carbocycles. The molecule has 0 heterocycles. The van der Waals surface area contributed by atoms with Crippen LogP contribution in [0.15, 0.2) is 12.2 Å². The van der Waals surface area contributed by atoms with E-state index < -0.39 is 0 Å². The first kappa shape index (κ1) is 17.2. The summed E-state index contributed by atoms with van der Waals surface area (Å²) in [6, 6.07) is 0. The molecule has 0 aliphatic rings. The van der Waals surface area contributed by atoms with E-state index in [9.17, 15) is 0 Å². The molecular weight excluding hydrogens is 72.1 g/mol. The van der Waals surface area contributed by atoms with Crippen molar-refractivity contribution in [3.05, 3.63) is 27.0 Å². The quantitative estimate of drug-likeness (QED) is 0.389. The summed E-state index contributed by atoms with van der Waals surface area (Å²) in [6.45, 7) is 7.50. The van der Waals surface area contributed by atoms with Crippen molar-refractivity contribution in [1.29, 1.82) is 0 Å². The average molecular weight is 80.1 g/mol. The summed E-state index contributed by atoms with van der Waals surface area (Å²) >= 11 is 0. The van der Waals surface area contributed by atoms with Gasteiger partial charge in [-0.15, -0.1) is 6.58 Å². The van der Waals surface area contributed by atoms with Gasteiger partial charge in [-0.3, -0.25) is 0 Å². The Morgan fingerprint density at radius 1 is 1.17 bits per heavy atom. The third-order valence-electron chi connectivity index (χ3n) is 0. The van der Waals surface area contributed by atoms with E-state index in [0.717, 1.165) is 0 Å². The van der Waals surface area contributed by atoms with Crippen LogP contribution in [0.4, 0.5) is 0 Å². The van der Waals surface area contributed by atoms with Crippen LogP contribution in [-0.2, 0) is 0 Å². The zero-order valence-corrected chi connectivity index (χ0v) is 4.21. The largest absolute Gasteiger partial charge is 0.100 e. The second-order valence-corrected chi connectivity index (χ2v) is 1.21. The minimum Gasteiger partial charge on any atom is -0.100 e. The van der Waals surface area contributed by atoms with Gasteiger partial charge in [-0.2, -0.15) is 0 Å². The van der Waals surface area contributed by atoms with Crippen LogP contribution in [0.25, 0.3) is 0 Å². The summed E-state index contributed by atoms with van der Waals surface area (Å²) in [5.74, 6) is 0. The maximum atomic E-state index is 3.56. The van der Waals surface area contributed by atoms with Crippen LogP contribution in [0.3, 0.4) is 0 Å². The van der Waals surface area contributed by atoms with Crippen molar-refractivity contribution in [3.63, 3.8) is 0 Å². The smallest absolute Gasteiger partial charge is 0 e. The van der Waals surface area contributed by atoms with E-state index in [-0.39, 0.29) is 14.9 Å². The lowest BCUT2D eigenvalue weighted by Gasteiger charge is -1.65. The van der Waals surface area contributed by atoms with Crippen LogP contribution in [0.1, 0.15) is 13.8 Å². The van der Waals surface area contributed by atoms with E-state index in [1.165, 1.54) is 5.57 Å². The number of rotatable bonds is 0. The summed E-state index contributed by atoms with van der Waals surface area (Å²) < 4.78 is 0. The topological polar surface area (TPSA) is 0 Å². The van der Waals surface area contributed by atoms with Gasteiger partial charge in [0.2, 0.25) is 0 Å². The summed E-state index contributed by atoms with van der Waals surface area (Å²) in [6.07, 6.45) is 0. The van der Waals surface area contributed by atoms with E-state index in [1.807, 2.05) is 13.8 Å². The van der Waals surface area contributed by atoms with Gasteiger partial charge in [-0.1, -0.05) is 5.57 Å². The van der Waals surface area contributed by atoms with Gasteiger partial charge in [-0.05, 0) is 13.8 Å². The molecule has 0 aromatic carbocycles. The Bertz CT molecular complexity index is 23.0. The SMILES string of the molecule is C=C(C)C.[C].[C]. The van der Waals surface area contributed by atoms with Crippen LogP contribution >= 0.6 is 0 Å². The van der Waals surface area contributed by atoms with Crippen molar-refractivity contribution in [3.8, 4) is 0 Å². The Morgan fingerprint density at radius 2 is 1.17 bits per heavy atom. The van der Waals surface area contributed by atoms with Crippen molar-refractivity contribution in [2.45, 2.75) is 13.8 Å². The summed E-state index contributed by atoms with van der Waals surface area (Å²) in [4.78, 5) is 0. The van der Waals surface area contributed by atoms with Gasteiger partial charge in [0.05, 0.1) is 0 Å². The predicted octanol–water partition coefficient (Wildman–Crippen LogP) is 1.74. The highest BCUT2D eigenvalue weighted by molar-refractivity contribution is 4.78. The molecule has 0 N–H and O–H groups in total. The maximum Gasteiger partial charge on any atom is 0 e. The molecule has 0 fully saturated rings. The second kappa shape index (κ2) is 8.83. The van der Waals surface area contributed by atoms with Gasteiger partial charge in [-0.25, -0.2) is 0 Å². The molecule has 0 aliphatic carbocycles. The Kier molecular flexibility index (Phi) is 25.3. The highest BCUT2D eigenvalue weighted by Crippen LogP contribution is 1.73. The monoisotopic (exact) mass is 80.1 g/mol. The highest BCUT2D eigenvalue weighted by Gasteiger charge is 1.51. The first-order chi connectivity index (χ1) is 1.73. The van der Waals surface area contributed by atoms with E-state index in [1.54, 1.807) is 0 Å². The zero-order chi connectivity index (χ0) is 3.58. The van der Waals surface area contributed by atoms with E-state index in [2.05, 4.69) is 6.58 Å². The van der Waals surface area contributed by atoms with Gasteiger partial charge in [0.15, 0.2) is 0 Å². The van der Waals surface area contributed by atoms with Crippen molar-refractivity contribution < 1.29 is 0 Å². The van der Waals surface area contributed by atoms with Gasteiger partial charge in [0.25, 0.3) is 0 Å². The lowest BCUT2D eigenvalue weighted by atomic mass is 10.4. The molecule has 0 heteroatoms. The van der Waals surface area contributed by atoms with Crippen LogP contribution in [0.2, 0.25) is 0 Å². The summed E-state index contributed by atoms with van der Waals surface area (Å²) in [5.41, 5.74) is 1.17. The molecule has 6 heavy (non-hydrogen) atoms. The third-order valence-corrected chi connectivity index (χ3v) is 0. The number of allylic oxidation sites excluding steroid dienone is 1. The molecule has 0 aromatic heterocycles. The first-order valence-corrected chi connectivity index (χ1v) is 1.35. The van der Waals surface area contributed by atoms with Gasteiger partial charge < -0.3 is 0 Å². The molecule has 0 unspecified atom stereocenters. The number of hydrogen-bond acceptors (Lipinski definition) is 0. The molecular formula is C6H8. The van der Waals surface area contributed by atoms with E-state index in [4.69, 9.17) is 0 Å². The second-order valence-electron chi connectivity index (χ2n) is 1.21. The molecule has 0 spiro atoms. The standard InChI is InChI=1S/C4H8.2C/c1-4(2)3;;/h1H2,2-3H3;;. The third kappa shape index (κ3) is 415. The Hall–Kier alpha value is -0.260. The molecule has 0 saturated heterocycles.